The summed E-state index contributed by atoms with van der Waals surface area (Å²) >= 11 is 0. The number of rotatable bonds is 2. The predicted octanol–water partition coefficient (Wildman–Crippen LogP) is 0.304. The van der Waals surface area contributed by atoms with E-state index in [1.165, 1.54) is 17.1 Å². The predicted molar refractivity (Wildman–Crippen MR) is 47.3 cm³/mol. The molecule has 6 nitrogen and oxygen atoms in total. The van der Waals surface area contributed by atoms with E-state index in [2.05, 4.69) is 10.2 Å². The lowest BCUT2D eigenvalue weighted by molar-refractivity contribution is 0.0697. The van der Waals surface area contributed by atoms with Crippen molar-refractivity contribution in [1.82, 2.24) is 19.6 Å². The molecule has 0 fully saturated rings. The number of aromatic carboxylic acids is 1. The summed E-state index contributed by atoms with van der Waals surface area (Å²) in [5.74, 6) is -0.986. The summed E-state index contributed by atoms with van der Waals surface area (Å²) in [5.41, 5.74) is 0.897. The highest BCUT2D eigenvalue weighted by atomic mass is 16.4. The van der Waals surface area contributed by atoms with Crippen molar-refractivity contribution in [3.8, 4) is 5.69 Å². The van der Waals surface area contributed by atoms with Crippen LogP contribution in [0.3, 0.4) is 0 Å². The van der Waals surface area contributed by atoms with Crippen molar-refractivity contribution in [3.05, 3.63) is 30.4 Å². The van der Waals surface area contributed by atoms with Crippen LogP contribution in [-0.4, -0.2) is 30.6 Å². The van der Waals surface area contributed by atoms with Crippen LogP contribution in [0.15, 0.2) is 24.8 Å². The number of hydrogen-bond acceptors (Lipinski definition) is 3. The Morgan fingerprint density at radius 1 is 1.36 bits per heavy atom. The van der Waals surface area contributed by atoms with Crippen molar-refractivity contribution in [1.29, 1.82) is 0 Å². The van der Waals surface area contributed by atoms with Gasteiger partial charge in [0.2, 0.25) is 0 Å². The molecule has 0 radical (unpaired) electrons. The van der Waals surface area contributed by atoms with Gasteiger partial charge in [-0.05, 0) is 0 Å². The molecule has 0 bridgehead atoms. The van der Waals surface area contributed by atoms with E-state index < -0.39 is 5.97 Å². The van der Waals surface area contributed by atoms with E-state index in [0.29, 0.717) is 0 Å². The van der Waals surface area contributed by atoms with E-state index in [0.717, 1.165) is 5.69 Å². The van der Waals surface area contributed by atoms with Gasteiger partial charge in [-0.3, -0.25) is 4.68 Å². The van der Waals surface area contributed by atoms with Gasteiger partial charge in [0.05, 0.1) is 24.2 Å². The van der Waals surface area contributed by atoms with Crippen molar-refractivity contribution in [2.75, 3.05) is 0 Å². The van der Waals surface area contributed by atoms with Gasteiger partial charge in [-0.2, -0.15) is 10.2 Å². The van der Waals surface area contributed by atoms with Crippen LogP contribution in [0, 0.1) is 0 Å². The lowest BCUT2D eigenvalue weighted by Crippen LogP contribution is -1.94. The molecule has 0 saturated carbocycles. The van der Waals surface area contributed by atoms with Crippen LogP contribution in [0.25, 0.3) is 5.69 Å². The van der Waals surface area contributed by atoms with Gasteiger partial charge in [-0.15, -0.1) is 0 Å². The Hall–Kier alpha value is -2.11. The third kappa shape index (κ3) is 1.37. The Bertz CT molecular complexity index is 471. The topological polar surface area (TPSA) is 72.9 Å². The Morgan fingerprint density at radius 2 is 2.14 bits per heavy atom. The molecule has 1 N–H and O–H groups in total. The fraction of sp³-hybridized carbons (Fsp3) is 0.125. The Balaban J connectivity index is 2.38. The first-order chi connectivity index (χ1) is 6.66. The van der Waals surface area contributed by atoms with Crippen LogP contribution in [-0.2, 0) is 7.05 Å². The average molecular weight is 192 g/mol. The van der Waals surface area contributed by atoms with Gasteiger partial charge in [-0.25, -0.2) is 9.48 Å². The largest absolute Gasteiger partial charge is 0.478 e. The molecule has 6 heteroatoms. The number of aromatic nitrogens is 4. The lowest BCUT2D eigenvalue weighted by atomic mass is 10.4. The third-order valence-electron chi connectivity index (χ3n) is 1.79. The second-order valence-corrected chi connectivity index (χ2v) is 2.85. The van der Waals surface area contributed by atoms with Crippen LogP contribution in [0.5, 0.6) is 0 Å². The first-order valence-corrected chi connectivity index (χ1v) is 3.94. The third-order valence-corrected chi connectivity index (χ3v) is 1.79. The van der Waals surface area contributed by atoms with Gasteiger partial charge in [0, 0.05) is 13.2 Å². The number of carbonyl (C=O) groups is 1. The maximum atomic E-state index is 10.6. The van der Waals surface area contributed by atoms with Crippen LogP contribution in [0.1, 0.15) is 10.4 Å². The summed E-state index contributed by atoms with van der Waals surface area (Å²) in [6.07, 6.45) is 6.10. The summed E-state index contributed by atoms with van der Waals surface area (Å²) in [4.78, 5) is 10.6. The van der Waals surface area contributed by atoms with Crippen LogP contribution < -0.4 is 0 Å². The zero-order chi connectivity index (χ0) is 10.1. The lowest BCUT2D eigenvalue weighted by Gasteiger charge is -1.92. The van der Waals surface area contributed by atoms with Crippen molar-refractivity contribution < 1.29 is 9.90 Å². The highest BCUT2D eigenvalue weighted by Crippen LogP contribution is 2.06. The van der Waals surface area contributed by atoms with Gasteiger partial charge in [0.15, 0.2) is 0 Å². The first-order valence-electron chi connectivity index (χ1n) is 3.94. The summed E-state index contributed by atoms with van der Waals surface area (Å²) < 4.78 is 3.09. The molecule has 72 valence electrons. The molecule has 0 aliphatic carbocycles. The zero-order valence-corrected chi connectivity index (χ0v) is 7.45. The standard InChI is InChI=1S/C8H8N4O2/c1-11-5-7(3-9-11)12-4-6(2-10-12)8(13)14/h2-5H,1H3,(H,13,14). The molecule has 2 aromatic rings. The summed E-state index contributed by atoms with van der Waals surface area (Å²) in [6.45, 7) is 0. The van der Waals surface area contributed by atoms with Crippen LogP contribution >= 0.6 is 0 Å². The highest BCUT2D eigenvalue weighted by molar-refractivity contribution is 5.86. The SMILES string of the molecule is Cn1cc(-n2cc(C(=O)O)cn2)cn1. The molecule has 14 heavy (non-hydrogen) atoms. The number of aryl methyl sites for hydroxylation is 1. The second-order valence-electron chi connectivity index (χ2n) is 2.85. The molecule has 0 atom stereocenters. The first kappa shape index (κ1) is 8.49. The molecule has 0 aromatic carbocycles. The van der Waals surface area contributed by atoms with Gasteiger partial charge in [0.25, 0.3) is 0 Å². The molecule has 0 spiro atoms. The fourth-order valence-electron chi connectivity index (χ4n) is 1.10. The molecule has 2 rings (SSSR count). The molecular weight excluding hydrogens is 184 g/mol. The molecule has 0 amide bonds. The zero-order valence-electron chi connectivity index (χ0n) is 7.45. The summed E-state index contributed by atoms with van der Waals surface area (Å²) in [5, 5.41) is 16.5. The number of carboxylic acids is 1. The van der Waals surface area contributed by atoms with Gasteiger partial charge < -0.3 is 5.11 Å². The number of carboxylic acid groups (broad SMARTS) is 1. The maximum absolute atomic E-state index is 10.6. The quantitative estimate of drug-likeness (QED) is 0.742. The summed E-state index contributed by atoms with van der Waals surface area (Å²) in [7, 11) is 1.78. The monoisotopic (exact) mass is 192 g/mol. The Morgan fingerprint density at radius 3 is 2.64 bits per heavy atom. The molecule has 0 unspecified atom stereocenters. The molecule has 0 aliphatic heterocycles. The molecule has 2 heterocycles. The minimum atomic E-state index is -0.986. The number of hydrogen-bond donors (Lipinski definition) is 1. The van der Waals surface area contributed by atoms with Gasteiger partial charge in [0.1, 0.15) is 5.69 Å². The van der Waals surface area contributed by atoms with Crippen molar-refractivity contribution >= 4 is 5.97 Å². The van der Waals surface area contributed by atoms with E-state index in [4.69, 9.17) is 5.11 Å². The van der Waals surface area contributed by atoms with Crippen molar-refractivity contribution in [3.63, 3.8) is 0 Å². The molecular formula is C8H8N4O2. The maximum Gasteiger partial charge on any atom is 0.338 e. The highest BCUT2D eigenvalue weighted by Gasteiger charge is 2.07. The summed E-state index contributed by atoms with van der Waals surface area (Å²) in [6, 6.07) is 0. The van der Waals surface area contributed by atoms with Crippen molar-refractivity contribution in [2.24, 2.45) is 7.05 Å². The minimum absolute atomic E-state index is 0.161. The van der Waals surface area contributed by atoms with E-state index >= 15 is 0 Å². The van der Waals surface area contributed by atoms with E-state index in [1.54, 1.807) is 24.1 Å². The van der Waals surface area contributed by atoms with E-state index in [1.807, 2.05) is 0 Å². The van der Waals surface area contributed by atoms with Crippen LogP contribution in [0.2, 0.25) is 0 Å². The Labute approximate surface area is 79.4 Å². The normalized spacial score (nSPS) is 10.4. The smallest absolute Gasteiger partial charge is 0.338 e. The van der Waals surface area contributed by atoms with Crippen molar-refractivity contribution in [2.45, 2.75) is 0 Å². The van der Waals surface area contributed by atoms with Gasteiger partial charge in [-0.1, -0.05) is 0 Å². The van der Waals surface area contributed by atoms with E-state index in [9.17, 15) is 4.79 Å². The van der Waals surface area contributed by atoms with E-state index in [-0.39, 0.29) is 5.56 Å². The molecule has 0 aliphatic rings. The average Bonchev–Trinajstić information content (AvgIpc) is 2.70. The Kier molecular flexibility index (Phi) is 1.81. The van der Waals surface area contributed by atoms with Gasteiger partial charge >= 0.3 is 5.97 Å². The minimum Gasteiger partial charge on any atom is -0.478 e. The molecule has 2 aromatic heterocycles. The fourth-order valence-corrected chi connectivity index (χ4v) is 1.10. The van der Waals surface area contributed by atoms with Crippen LogP contribution in [0.4, 0.5) is 0 Å². The molecule has 0 saturated heterocycles. The number of nitrogens with zero attached hydrogens (tertiary/aromatic N) is 4. The second kappa shape index (κ2) is 2.99.